The molecule has 18 heavy (non-hydrogen) atoms. The second-order valence-corrected chi connectivity index (χ2v) is 4.68. The Morgan fingerprint density at radius 1 is 1.39 bits per heavy atom. The minimum atomic E-state index is 0.466. The van der Waals surface area contributed by atoms with E-state index in [9.17, 15) is 0 Å². The molecule has 0 saturated carbocycles. The van der Waals surface area contributed by atoms with Gasteiger partial charge in [0.1, 0.15) is 5.69 Å². The summed E-state index contributed by atoms with van der Waals surface area (Å²) >= 11 is 3.37. The van der Waals surface area contributed by atoms with Crippen molar-refractivity contribution in [2.45, 2.75) is 13.8 Å². The van der Waals surface area contributed by atoms with Crippen molar-refractivity contribution >= 4 is 21.9 Å². The van der Waals surface area contributed by atoms with Crippen molar-refractivity contribution in [2.75, 3.05) is 12.4 Å². The van der Waals surface area contributed by atoms with Crippen molar-refractivity contribution < 1.29 is 4.74 Å². The Morgan fingerprint density at radius 3 is 2.67 bits per heavy atom. The van der Waals surface area contributed by atoms with Gasteiger partial charge in [0.25, 0.3) is 0 Å². The highest BCUT2D eigenvalue weighted by atomic mass is 79.9. The van der Waals surface area contributed by atoms with Gasteiger partial charge >= 0.3 is 0 Å². The lowest BCUT2D eigenvalue weighted by molar-refractivity contribution is 0.451. The lowest BCUT2D eigenvalue weighted by Gasteiger charge is -2.08. The molecule has 2 aromatic heterocycles. The molecular formula is C11H14BrN5O. The fourth-order valence-corrected chi connectivity index (χ4v) is 1.81. The van der Waals surface area contributed by atoms with Gasteiger partial charge in [-0.15, -0.1) is 0 Å². The van der Waals surface area contributed by atoms with Crippen LogP contribution in [0.15, 0.2) is 10.7 Å². The highest BCUT2D eigenvalue weighted by molar-refractivity contribution is 9.10. The lowest BCUT2D eigenvalue weighted by Crippen LogP contribution is -1.99. The van der Waals surface area contributed by atoms with Gasteiger partial charge in [-0.1, -0.05) is 0 Å². The number of nitrogens with zero attached hydrogens (tertiary/aromatic N) is 4. The van der Waals surface area contributed by atoms with Gasteiger partial charge in [0.15, 0.2) is 5.75 Å². The Balaban J connectivity index is 2.39. The second kappa shape index (κ2) is 4.93. The molecule has 2 aromatic rings. The molecule has 0 fully saturated rings. The number of ether oxygens (including phenoxy) is 1. The Labute approximate surface area is 114 Å². The summed E-state index contributed by atoms with van der Waals surface area (Å²) in [6.45, 7) is 3.85. The zero-order valence-corrected chi connectivity index (χ0v) is 12.2. The van der Waals surface area contributed by atoms with Gasteiger partial charge in [0.2, 0.25) is 11.8 Å². The summed E-state index contributed by atoms with van der Waals surface area (Å²) in [5.74, 6) is 1.69. The first-order chi connectivity index (χ1) is 8.52. The molecule has 0 aliphatic heterocycles. The van der Waals surface area contributed by atoms with Crippen LogP contribution in [0.5, 0.6) is 11.6 Å². The molecule has 7 heteroatoms. The highest BCUT2D eigenvalue weighted by Crippen LogP contribution is 2.31. The van der Waals surface area contributed by atoms with E-state index in [0.717, 1.165) is 17.1 Å². The van der Waals surface area contributed by atoms with Crippen LogP contribution in [0.2, 0.25) is 0 Å². The minimum absolute atomic E-state index is 0.466. The van der Waals surface area contributed by atoms with Crippen LogP contribution in [0.4, 0.5) is 5.95 Å². The van der Waals surface area contributed by atoms with Crippen molar-refractivity contribution in [1.29, 1.82) is 0 Å². The summed E-state index contributed by atoms with van der Waals surface area (Å²) in [7, 11) is 3.64. The van der Waals surface area contributed by atoms with E-state index >= 15 is 0 Å². The van der Waals surface area contributed by atoms with Crippen LogP contribution in [-0.4, -0.2) is 26.8 Å². The van der Waals surface area contributed by atoms with Gasteiger partial charge in [-0.2, -0.15) is 10.1 Å². The molecule has 0 spiro atoms. The first kappa shape index (κ1) is 12.8. The Bertz CT molecular complexity index is 581. The first-order valence-corrected chi connectivity index (χ1v) is 6.20. The average molecular weight is 312 g/mol. The molecule has 2 heterocycles. The molecule has 0 aliphatic carbocycles. The largest absolute Gasteiger partial charge is 0.434 e. The predicted octanol–water partition coefficient (Wildman–Crippen LogP) is 2.42. The van der Waals surface area contributed by atoms with Gasteiger partial charge in [0.05, 0.1) is 16.4 Å². The maximum absolute atomic E-state index is 5.81. The summed E-state index contributed by atoms with van der Waals surface area (Å²) in [6.07, 6.45) is 1.65. The molecule has 6 nitrogen and oxygen atoms in total. The topological polar surface area (TPSA) is 64.9 Å². The van der Waals surface area contributed by atoms with Crippen molar-refractivity contribution in [2.24, 2.45) is 7.05 Å². The number of anilines is 1. The van der Waals surface area contributed by atoms with E-state index in [1.807, 2.05) is 20.9 Å². The maximum atomic E-state index is 5.81. The van der Waals surface area contributed by atoms with Crippen LogP contribution in [0.3, 0.4) is 0 Å². The molecule has 0 bridgehead atoms. The Morgan fingerprint density at radius 2 is 2.11 bits per heavy atom. The van der Waals surface area contributed by atoms with Crippen LogP contribution in [0.1, 0.15) is 11.4 Å². The van der Waals surface area contributed by atoms with Crippen LogP contribution in [-0.2, 0) is 7.05 Å². The normalized spacial score (nSPS) is 10.5. The zero-order chi connectivity index (χ0) is 13.3. The molecule has 0 unspecified atom stereocenters. The fraction of sp³-hybridized carbons (Fsp3) is 0.364. The molecular weight excluding hydrogens is 298 g/mol. The molecule has 0 radical (unpaired) electrons. The molecule has 96 valence electrons. The van der Waals surface area contributed by atoms with Gasteiger partial charge in [-0.3, -0.25) is 4.68 Å². The second-order valence-electron chi connectivity index (χ2n) is 3.82. The van der Waals surface area contributed by atoms with E-state index in [-0.39, 0.29) is 0 Å². The molecule has 0 saturated heterocycles. The highest BCUT2D eigenvalue weighted by Gasteiger charge is 2.14. The predicted molar refractivity (Wildman–Crippen MR) is 72.0 cm³/mol. The number of hydrogen-bond donors (Lipinski definition) is 1. The number of halogens is 1. The monoisotopic (exact) mass is 311 g/mol. The smallest absolute Gasteiger partial charge is 0.238 e. The summed E-state index contributed by atoms with van der Waals surface area (Å²) in [5.41, 5.74) is 1.77. The van der Waals surface area contributed by atoms with Crippen LogP contribution in [0.25, 0.3) is 0 Å². The first-order valence-electron chi connectivity index (χ1n) is 5.41. The van der Waals surface area contributed by atoms with E-state index in [2.05, 4.69) is 36.3 Å². The fourth-order valence-electron chi connectivity index (χ4n) is 1.54. The molecule has 0 amide bonds. The average Bonchev–Trinajstić information content (AvgIpc) is 2.58. The van der Waals surface area contributed by atoms with E-state index in [1.165, 1.54) is 0 Å². The van der Waals surface area contributed by atoms with Gasteiger partial charge in [-0.25, -0.2) is 4.98 Å². The Kier molecular flexibility index (Phi) is 3.51. The molecule has 1 N–H and O–H groups in total. The molecule has 0 aromatic carbocycles. The summed E-state index contributed by atoms with van der Waals surface area (Å²) in [5, 5.41) is 7.17. The number of aryl methyl sites for hydroxylation is 2. The lowest BCUT2D eigenvalue weighted by atomic mass is 10.3. The quantitative estimate of drug-likeness (QED) is 0.943. The molecule has 0 atom stereocenters. The number of rotatable bonds is 3. The van der Waals surface area contributed by atoms with Crippen molar-refractivity contribution in [3.8, 4) is 11.6 Å². The van der Waals surface area contributed by atoms with E-state index in [0.29, 0.717) is 16.3 Å². The van der Waals surface area contributed by atoms with Crippen molar-refractivity contribution in [3.63, 3.8) is 0 Å². The van der Waals surface area contributed by atoms with Gasteiger partial charge in [0, 0.05) is 14.1 Å². The van der Waals surface area contributed by atoms with E-state index < -0.39 is 0 Å². The summed E-state index contributed by atoms with van der Waals surface area (Å²) in [6, 6.07) is 0. The standard InChI is InChI=1S/C11H14BrN5O/c1-6-9(7(2)17(4)16-6)18-10-8(12)5-14-11(13-3)15-10/h5H,1-4H3,(H,13,14,15). The number of aromatic nitrogens is 4. The van der Waals surface area contributed by atoms with Crippen LogP contribution in [0, 0.1) is 13.8 Å². The van der Waals surface area contributed by atoms with E-state index in [1.54, 1.807) is 17.9 Å². The summed E-state index contributed by atoms with van der Waals surface area (Å²) < 4.78 is 8.29. The SMILES string of the molecule is CNc1ncc(Br)c(Oc2c(C)nn(C)c2C)n1. The number of nitrogens with one attached hydrogen (secondary N) is 1. The third-order valence-corrected chi connectivity index (χ3v) is 3.12. The molecule has 0 aliphatic rings. The van der Waals surface area contributed by atoms with Gasteiger partial charge < -0.3 is 10.1 Å². The zero-order valence-electron chi connectivity index (χ0n) is 10.7. The van der Waals surface area contributed by atoms with Crippen molar-refractivity contribution in [1.82, 2.24) is 19.7 Å². The van der Waals surface area contributed by atoms with Crippen LogP contribution < -0.4 is 10.1 Å². The van der Waals surface area contributed by atoms with E-state index in [4.69, 9.17) is 4.74 Å². The third-order valence-electron chi connectivity index (χ3n) is 2.58. The van der Waals surface area contributed by atoms with Crippen LogP contribution >= 0.6 is 15.9 Å². The summed E-state index contributed by atoms with van der Waals surface area (Å²) in [4.78, 5) is 8.33. The van der Waals surface area contributed by atoms with Crippen molar-refractivity contribution in [3.05, 3.63) is 22.1 Å². The third kappa shape index (κ3) is 2.31. The van der Waals surface area contributed by atoms with Gasteiger partial charge in [-0.05, 0) is 29.8 Å². The Hall–Kier alpha value is -1.63. The maximum Gasteiger partial charge on any atom is 0.238 e. The number of hydrogen-bond acceptors (Lipinski definition) is 5. The minimum Gasteiger partial charge on any atom is -0.434 e. The molecule has 2 rings (SSSR count).